The molecule has 0 saturated carbocycles. The first kappa shape index (κ1) is 15.7. The number of piperidine rings is 1. The van der Waals surface area contributed by atoms with Crippen LogP contribution in [0, 0.1) is 11.7 Å². The largest absolute Gasteiger partial charge is 0.493 e. The molecule has 3 N–H and O–H groups in total. The molecule has 6 heteroatoms. The number of halogens is 2. The van der Waals surface area contributed by atoms with Crippen LogP contribution in [0.2, 0.25) is 0 Å². The second-order valence-electron chi connectivity index (χ2n) is 4.51. The van der Waals surface area contributed by atoms with Crippen molar-refractivity contribution in [2.45, 2.75) is 12.8 Å². The van der Waals surface area contributed by atoms with Crippen LogP contribution in [0.1, 0.15) is 23.2 Å². The van der Waals surface area contributed by atoms with Crippen LogP contribution < -0.4 is 15.8 Å². The fourth-order valence-electron chi connectivity index (χ4n) is 2.05. The molecule has 1 aliphatic rings. The van der Waals surface area contributed by atoms with Crippen molar-refractivity contribution in [1.29, 1.82) is 0 Å². The third-order valence-electron chi connectivity index (χ3n) is 3.15. The van der Waals surface area contributed by atoms with Gasteiger partial charge in [0.2, 0.25) is 0 Å². The van der Waals surface area contributed by atoms with Crippen LogP contribution in [0.5, 0.6) is 5.75 Å². The van der Waals surface area contributed by atoms with Crippen LogP contribution in [0.15, 0.2) is 18.2 Å². The first-order valence-corrected chi connectivity index (χ1v) is 6.09. The highest BCUT2D eigenvalue weighted by molar-refractivity contribution is 5.93. The molecule has 19 heavy (non-hydrogen) atoms. The number of hydrogen-bond donors (Lipinski definition) is 2. The van der Waals surface area contributed by atoms with Gasteiger partial charge in [-0.1, -0.05) is 0 Å². The predicted molar refractivity (Wildman–Crippen MR) is 73.3 cm³/mol. The van der Waals surface area contributed by atoms with Gasteiger partial charge in [-0.2, -0.15) is 0 Å². The second-order valence-corrected chi connectivity index (χ2v) is 4.51. The maximum absolute atomic E-state index is 13.5. The lowest BCUT2D eigenvalue weighted by Gasteiger charge is -2.22. The molecule has 1 aromatic carbocycles. The standard InChI is InChI=1S/C13H17FN2O2.ClH/c14-12-7-10(1-2-11(12)13(15)17)18-8-9-3-5-16-6-4-9;/h1-2,7,9,16H,3-6,8H2,(H2,15,17);1H. The number of hydrogen-bond acceptors (Lipinski definition) is 3. The fourth-order valence-corrected chi connectivity index (χ4v) is 2.05. The zero-order chi connectivity index (χ0) is 13.0. The number of nitrogens with one attached hydrogen (secondary N) is 1. The fraction of sp³-hybridized carbons (Fsp3) is 0.462. The van der Waals surface area contributed by atoms with E-state index in [0.717, 1.165) is 25.9 Å². The van der Waals surface area contributed by atoms with Gasteiger partial charge in [-0.15, -0.1) is 12.4 Å². The van der Waals surface area contributed by atoms with E-state index in [-0.39, 0.29) is 18.0 Å². The highest BCUT2D eigenvalue weighted by atomic mass is 35.5. The normalized spacial score (nSPS) is 15.6. The zero-order valence-electron chi connectivity index (χ0n) is 10.5. The summed E-state index contributed by atoms with van der Waals surface area (Å²) in [5.41, 5.74) is 4.92. The van der Waals surface area contributed by atoms with Crippen molar-refractivity contribution in [1.82, 2.24) is 5.32 Å². The summed E-state index contributed by atoms with van der Waals surface area (Å²) in [6.07, 6.45) is 2.14. The Morgan fingerprint density at radius 2 is 2.11 bits per heavy atom. The predicted octanol–water partition coefficient (Wildman–Crippen LogP) is 1.72. The zero-order valence-corrected chi connectivity index (χ0v) is 11.3. The van der Waals surface area contributed by atoms with Gasteiger partial charge < -0.3 is 15.8 Å². The molecule has 1 aliphatic heterocycles. The van der Waals surface area contributed by atoms with Crippen LogP contribution >= 0.6 is 12.4 Å². The van der Waals surface area contributed by atoms with Crippen molar-refractivity contribution in [3.63, 3.8) is 0 Å². The molecule has 0 unspecified atom stereocenters. The van der Waals surface area contributed by atoms with Crippen LogP contribution in [-0.2, 0) is 0 Å². The summed E-state index contributed by atoms with van der Waals surface area (Å²) < 4.78 is 19.0. The SMILES string of the molecule is Cl.NC(=O)c1ccc(OCC2CCNCC2)cc1F. The van der Waals surface area contributed by atoms with Crippen LogP contribution in [0.25, 0.3) is 0 Å². The number of benzene rings is 1. The van der Waals surface area contributed by atoms with Crippen molar-refractivity contribution >= 4 is 18.3 Å². The van der Waals surface area contributed by atoms with Crippen LogP contribution in [-0.4, -0.2) is 25.6 Å². The molecular weight excluding hydrogens is 271 g/mol. The Hall–Kier alpha value is -1.33. The van der Waals surface area contributed by atoms with Gasteiger partial charge in [0, 0.05) is 6.07 Å². The Bertz CT molecular complexity index is 437. The molecule has 0 aliphatic carbocycles. The Labute approximate surface area is 117 Å². The van der Waals surface area contributed by atoms with E-state index in [4.69, 9.17) is 10.5 Å². The number of nitrogens with two attached hydrogens (primary N) is 1. The monoisotopic (exact) mass is 288 g/mol. The van der Waals surface area contributed by atoms with E-state index < -0.39 is 11.7 Å². The quantitative estimate of drug-likeness (QED) is 0.887. The Morgan fingerprint density at radius 3 is 2.68 bits per heavy atom. The summed E-state index contributed by atoms with van der Waals surface area (Å²) in [7, 11) is 0. The summed E-state index contributed by atoms with van der Waals surface area (Å²) >= 11 is 0. The highest BCUT2D eigenvalue weighted by Gasteiger charge is 2.14. The maximum Gasteiger partial charge on any atom is 0.251 e. The number of carbonyl (C=O) groups excluding carboxylic acids is 1. The number of rotatable bonds is 4. The third-order valence-corrected chi connectivity index (χ3v) is 3.15. The number of primary amides is 1. The molecule has 106 valence electrons. The molecule has 0 atom stereocenters. The van der Waals surface area contributed by atoms with Crippen molar-refractivity contribution in [3.8, 4) is 5.75 Å². The number of amides is 1. The minimum absolute atomic E-state index is 0. The summed E-state index contributed by atoms with van der Waals surface area (Å²) in [4.78, 5) is 10.9. The summed E-state index contributed by atoms with van der Waals surface area (Å²) in [6, 6.07) is 4.14. The van der Waals surface area contributed by atoms with Gasteiger partial charge >= 0.3 is 0 Å². The number of carbonyl (C=O) groups is 1. The van der Waals surface area contributed by atoms with E-state index >= 15 is 0 Å². The molecule has 1 amide bonds. The Morgan fingerprint density at radius 1 is 1.42 bits per heavy atom. The smallest absolute Gasteiger partial charge is 0.251 e. The lowest BCUT2D eigenvalue weighted by molar-refractivity contribution is 0.0996. The average molecular weight is 289 g/mol. The van der Waals surface area contributed by atoms with Gasteiger partial charge in [-0.3, -0.25) is 4.79 Å². The van der Waals surface area contributed by atoms with Gasteiger partial charge in [0.25, 0.3) is 5.91 Å². The van der Waals surface area contributed by atoms with E-state index in [1.807, 2.05) is 0 Å². The molecule has 2 rings (SSSR count). The summed E-state index contributed by atoms with van der Waals surface area (Å²) in [6.45, 7) is 2.59. The average Bonchev–Trinajstić information content (AvgIpc) is 2.37. The third kappa shape index (κ3) is 4.36. The molecule has 1 saturated heterocycles. The molecular formula is C13H18ClFN2O2. The van der Waals surface area contributed by atoms with Crippen LogP contribution in [0.4, 0.5) is 4.39 Å². The lowest BCUT2D eigenvalue weighted by Crippen LogP contribution is -2.30. The van der Waals surface area contributed by atoms with Gasteiger partial charge in [0.1, 0.15) is 11.6 Å². The molecule has 0 bridgehead atoms. The van der Waals surface area contributed by atoms with Crippen molar-refractivity contribution in [3.05, 3.63) is 29.6 Å². The first-order valence-electron chi connectivity index (χ1n) is 6.09. The number of ether oxygens (including phenoxy) is 1. The van der Waals surface area contributed by atoms with E-state index in [0.29, 0.717) is 18.3 Å². The van der Waals surface area contributed by atoms with E-state index in [9.17, 15) is 9.18 Å². The Kier molecular flexibility index (Phi) is 6.05. The van der Waals surface area contributed by atoms with Crippen molar-refractivity contribution in [2.24, 2.45) is 11.7 Å². The van der Waals surface area contributed by atoms with Gasteiger partial charge in [-0.05, 0) is 44.0 Å². The maximum atomic E-state index is 13.5. The molecule has 4 nitrogen and oxygen atoms in total. The molecule has 1 fully saturated rings. The topological polar surface area (TPSA) is 64.4 Å². The molecule has 0 radical (unpaired) electrons. The van der Waals surface area contributed by atoms with Crippen molar-refractivity contribution in [2.75, 3.05) is 19.7 Å². The van der Waals surface area contributed by atoms with E-state index in [1.165, 1.54) is 12.1 Å². The van der Waals surface area contributed by atoms with Crippen LogP contribution in [0.3, 0.4) is 0 Å². The minimum atomic E-state index is -0.766. The summed E-state index contributed by atoms with van der Waals surface area (Å²) in [5, 5.41) is 3.28. The second kappa shape index (κ2) is 7.31. The minimum Gasteiger partial charge on any atom is -0.493 e. The summed E-state index contributed by atoms with van der Waals surface area (Å²) in [5.74, 6) is -0.455. The van der Waals surface area contributed by atoms with Crippen molar-refractivity contribution < 1.29 is 13.9 Å². The first-order chi connectivity index (χ1) is 8.66. The molecule has 1 heterocycles. The molecule has 0 spiro atoms. The molecule has 1 aromatic rings. The molecule has 0 aromatic heterocycles. The lowest BCUT2D eigenvalue weighted by atomic mass is 9.99. The Balaban J connectivity index is 0.00000180. The van der Waals surface area contributed by atoms with Gasteiger partial charge in [0.15, 0.2) is 0 Å². The van der Waals surface area contributed by atoms with Gasteiger partial charge in [0.05, 0.1) is 12.2 Å². The van der Waals surface area contributed by atoms with E-state index in [1.54, 1.807) is 6.07 Å². The van der Waals surface area contributed by atoms with E-state index in [2.05, 4.69) is 5.32 Å². The highest BCUT2D eigenvalue weighted by Crippen LogP contribution is 2.19. The van der Waals surface area contributed by atoms with Gasteiger partial charge in [-0.25, -0.2) is 4.39 Å².